The fourth-order valence-electron chi connectivity index (χ4n) is 2.83. The van der Waals surface area contributed by atoms with E-state index >= 15 is 0 Å². The molecule has 0 aromatic heterocycles. The highest BCUT2D eigenvalue weighted by atomic mass is 127. The van der Waals surface area contributed by atoms with Gasteiger partial charge in [-0.15, -0.1) is 0 Å². The van der Waals surface area contributed by atoms with Crippen molar-refractivity contribution in [3.05, 3.63) is 57.7 Å². The Bertz CT molecular complexity index is 712. The molecule has 4 nitrogen and oxygen atoms in total. The van der Waals surface area contributed by atoms with Crippen LogP contribution in [-0.2, 0) is 4.79 Å². The fraction of sp³-hybridized carbons (Fsp3) is 0.316. The summed E-state index contributed by atoms with van der Waals surface area (Å²) in [5.74, 6) is 0.798. The van der Waals surface area contributed by atoms with E-state index in [2.05, 4.69) is 58.7 Å². The van der Waals surface area contributed by atoms with Gasteiger partial charge in [0.15, 0.2) is 6.61 Å². The first-order valence-electron chi connectivity index (χ1n) is 8.09. The van der Waals surface area contributed by atoms with Crippen molar-refractivity contribution in [1.82, 2.24) is 4.90 Å². The Morgan fingerprint density at radius 3 is 2.54 bits per heavy atom. The lowest BCUT2D eigenvalue weighted by Gasteiger charge is -2.36. The number of hydrogen-bond acceptors (Lipinski definition) is 3. The van der Waals surface area contributed by atoms with E-state index in [0.717, 1.165) is 35.5 Å². The van der Waals surface area contributed by atoms with Crippen molar-refractivity contribution in [2.24, 2.45) is 0 Å². The van der Waals surface area contributed by atoms with Crippen LogP contribution in [0.25, 0.3) is 0 Å². The molecule has 126 valence electrons. The molecular formula is C19H21IN2O2. The van der Waals surface area contributed by atoms with E-state index < -0.39 is 0 Å². The predicted octanol–water partition coefficient (Wildman–Crippen LogP) is 3.33. The van der Waals surface area contributed by atoms with Gasteiger partial charge in [0.2, 0.25) is 0 Å². The van der Waals surface area contributed by atoms with Crippen LogP contribution in [0.5, 0.6) is 5.75 Å². The molecule has 1 amide bonds. The van der Waals surface area contributed by atoms with Crippen LogP contribution in [-0.4, -0.2) is 43.6 Å². The summed E-state index contributed by atoms with van der Waals surface area (Å²) in [5, 5.41) is 0. The average Bonchev–Trinajstić information content (AvgIpc) is 2.60. The zero-order valence-electron chi connectivity index (χ0n) is 13.7. The Morgan fingerprint density at radius 2 is 1.83 bits per heavy atom. The predicted molar refractivity (Wildman–Crippen MR) is 105 cm³/mol. The van der Waals surface area contributed by atoms with Crippen molar-refractivity contribution in [2.45, 2.75) is 6.92 Å². The SMILES string of the molecule is Cc1cccc(N2CCN(C(=O)COc3cccc(I)c3)CC2)c1. The van der Waals surface area contributed by atoms with Gasteiger partial charge in [-0.05, 0) is 65.4 Å². The highest BCUT2D eigenvalue weighted by Crippen LogP contribution is 2.18. The highest BCUT2D eigenvalue weighted by Gasteiger charge is 2.21. The number of rotatable bonds is 4. The van der Waals surface area contributed by atoms with Gasteiger partial charge in [0.05, 0.1) is 0 Å². The van der Waals surface area contributed by atoms with Gasteiger partial charge in [-0.2, -0.15) is 0 Å². The molecule has 1 aliphatic rings. The van der Waals surface area contributed by atoms with Gasteiger partial charge in [-0.3, -0.25) is 4.79 Å². The number of halogens is 1. The molecule has 1 aliphatic heterocycles. The summed E-state index contributed by atoms with van der Waals surface area (Å²) < 4.78 is 6.72. The molecule has 0 aliphatic carbocycles. The molecule has 24 heavy (non-hydrogen) atoms. The summed E-state index contributed by atoms with van der Waals surface area (Å²) in [6, 6.07) is 16.3. The summed E-state index contributed by atoms with van der Waals surface area (Å²) >= 11 is 2.23. The Hall–Kier alpha value is -1.76. The van der Waals surface area contributed by atoms with E-state index in [4.69, 9.17) is 4.74 Å². The Morgan fingerprint density at radius 1 is 1.08 bits per heavy atom. The minimum Gasteiger partial charge on any atom is -0.484 e. The minimum absolute atomic E-state index is 0.0535. The molecule has 3 rings (SSSR count). The third-order valence-electron chi connectivity index (χ3n) is 4.16. The zero-order valence-corrected chi connectivity index (χ0v) is 15.9. The highest BCUT2D eigenvalue weighted by molar-refractivity contribution is 14.1. The van der Waals surface area contributed by atoms with E-state index in [-0.39, 0.29) is 12.5 Å². The molecule has 0 radical (unpaired) electrons. The lowest BCUT2D eigenvalue weighted by molar-refractivity contribution is -0.133. The van der Waals surface area contributed by atoms with Crippen molar-refractivity contribution in [1.29, 1.82) is 0 Å². The molecular weight excluding hydrogens is 415 g/mol. The van der Waals surface area contributed by atoms with Gasteiger partial charge >= 0.3 is 0 Å². The molecule has 0 N–H and O–H groups in total. The third kappa shape index (κ3) is 4.41. The van der Waals surface area contributed by atoms with Crippen molar-refractivity contribution < 1.29 is 9.53 Å². The minimum atomic E-state index is 0.0535. The Kier molecular flexibility index (Phi) is 5.60. The second-order valence-electron chi connectivity index (χ2n) is 5.95. The van der Waals surface area contributed by atoms with Crippen LogP contribution in [0.1, 0.15) is 5.56 Å². The van der Waals surface area contributed by atoms with Crippen molar-refractivity contribution in [2.75, 3.05) is 37.7 Å². The number of benzene rings is 2. The number of ether oxygens (including phenoxy) is 1. The van der Waals surface area contributed by atoms with Gasteiger partial charge in [0, 0.05) is 35.4 Å². The summed E-state index contributed by atoms with van der Waals surface area (Å²) in [6.07, 6.45) is 0. The lowest BCUT2D eigenvalue weighted by Crippen LogP contribution is -2.50. The van der Waals surface area contributed by atoms with Crippen molar-refractivity contribution in [3.8, 4) is 5.75 Å². The zero-order chi connectivity index (χ0) is 16.9. The summed E-state index contributed by atoms with van der Waals surface area (Å²) in [7, 11) is 0. The van der Waals surface area contributed by atoms with E-state index in [1.807, 2.05) is 29.2 Å². The van der Waals surface area contributed by atoms with Gasteiger partial charge in [-0.25, -0.2) is 0 Å². The van der Waals surface area contributed by atoms with Gasteiger partial charge < -0.3 is 14.5 Å². The molecule has 1 fully saturated rings. The monoisotopic (exact) mass is 436 g/mol. The number of aryl methyl sites for hydroxylation is 1. The average molecular weight is 436 g/mol. The number of carbonyl (C=O) groups is 1. The van der Waals surface area contributed by atoms with Crippen LogP contribution >= 0.6 is 22.6 Å². The maximum Gasteiger partial charge on any atom is 0.260 e. The van der Waals surface area contributed by atoms with E-state index in [9.17, 15) is 4.79 Å². The first-order valence-corrected chi connectivity index (χ1v) is 9.17. The topological polar surface area (TPSA) is 32.8 Å². The first kappa shape index (κ1) is 17.1. The Balaban J connectivity index is 1.50. The summed E-state index contributed by atoms with van der Waals surface area (Å²) in [6.45, 7) is 5.40. The normalized spacial score (nSPS) is 14.6. The van der Waals surface area contributed by atoms with E-state index in [1.165, 1.54) is 11.3 Å². The molecule has 2 aromatic rings. The maximum atomic E-state index is 12.3. The van der Waals surface area contributed by atoms with Crippen LogP contribution in [0.15, 0.2) is 48.5 Å². The second-order valence-corrected chi connectivity index (χ2v) is 7.20. The van der Waals surface area contributed by atoms with Crippen LogP contribution in [0.2, 0.25) is 0 Å². The van der Waals surface area contributed by atoms with Crippen LogP contribution in [0.4, 0.5) is 5.69 Å². The molecule has 1 heterocycles. The standard InChI is InChI=1S/C19H21IN2O2/c1-15-4-2-6-17(12-15)21-8-10-22(11-9-21)19(23)14-24-18-7-3-5-16(20)13-18/h2-7,12-13H,8-11,14H2,1H3. The van der Waals surface area contributed by atoms with Gasteiger partial charge in [0.25, 0.3) is 5.91 Å². The summed E-state index contributed by atoms with van der Waals surface area (Å²) in [5.41, 5.74) is 2.49. The third-order valence-corrected chi connectivity index (χ3v) is 4.83. The molecule has 5 heteroatoms. The van der Waals surface area contributed by atoms with Gasteiger partial charge in [-0.1, -0.05) is 18.2 Å². The molecule has 0 bridgehead atoms. The fourth-order valence-corrected chi connectivity index (χ4v) is 3.35. The van der Waals surface area contributed by atoms with E-state index in [0.29, 0.717) is 0 Å². The smallest absolute Gasteiger partial charge is 0.260 e. The van der Waals surface area contributed by atoms with Crippen LogP contribution in [0.3, 0.4) is 0 Å². The number of piperazine rings is 1. The molecule has 1 saturated heterocycles. The number of nitrogens with zero attached hydrogens (tertiary/aromatic N) is 2. The largest absolute Gasteiger partial charge is 0.484 e. The maximum absolute atomic E-state index is 12.3. The van der Waals surface area contributed by atoms with Crippen molar-refractivity contribution in [3.63, 3.8) is 0 Å². The van der Waals surface area contributed by atoms with Crippen LogP contribution in [0, 0.1) is 10.5 Å². The number of hydrogen-bond donors (Lipinski definition) is 0. The molecule has 0 atom stereocenters. The van der Waals surface area contributed by atoms with Gasteiger partial charge in [0.1, 0.15) is 5.75 Å². The lowest BCUT2D eigenvalue weighted by atomic mass is 10.2. The molecule has 0 saturated carbocycles. The number of carbonyl (C=O) groups excluding carboxylic acids is 1. The molecule has 0 unspecified atom stereocenters. The molecule has 2 aromatic carbocycles. The van der Waals surface area contributed by atoms with Crippen LogP contribution < -0.4 is 9.64 Å². The quantitative estimate of drug-likeness (QED) is 0.690. The number of anilines is 1. The second kappa shape index (κ2) is 7.88. The molecule has 0 spiro atoms. The summed E-state index contributed by atoms with van der Waals surface area (Å²) in [4.78, 5) is 16.6. The Labute approximate surface area is 156 Å². The van der Waals surface area contributed by atoms with Crippen molar-refractivity contribution >= 4 is 34.2 Å². The first-order chi connectivity index (χ1) is 11.6. The number of amides is 1. The van der Waals surface area contributed by atoms with E-state index in [1.54, 1.807) is 0 Å².